The van der Waals surface area contributed by atoms with Crippen molar-refractivity contribution in [3.63, 3.8) is 0 Å². The van der Waals surface area contributed by atoms with Gasteiger partial charge in [0.15, 0.2) is 0 Å². The number of amides is 1. The highest BCUT2D eigenvalue weighted by Crippen LogP contribution is 2.24. The van der Waals surface area contributed by atoms with Crippen molar-refractivity contribution in [3.8, 4) is 6.07 Å². The molecule has 0 atom stereocenters. The Morgan fingerprint density at radius 2 is 2.08 bits per heavy atom. The van der Waals surface area contributed by atoms with Crippen LogP contribution in [-0.4, -0.2) is 35.9 Å². The summed E-state index contributed by atoms with van der Waals surface area (Å²) >= 11 is 12.3. The second kappa shape index (κ2) is 9.39. The van der Waals surface area contributed by atoms with Gasteiger partial charge in [-0.15, -0.1) is 0 Å². The highest BCUT2D eigenvalue weighted by molar-refractivity contribution is 6.31. The zero-order valence-corrected chi connectivity index (χ0v) is 15.9. The van der Waals surface area contributed by atoms with Gasteiger partial charge < -0.3 is 10.1 Å². The van der Waals surface area contributed by atoms with Crippen molar-refractivity contribution in [2.75, 3.05) is 20.3 Å². The molecule has 1 N–H and O–H groups in total. The third kappa shape index (κ3) is 5.09. The van der Waals surface area contributed by atoms with Gasteiger partial charge in [0.2, 0.25) is 0 Å². The Morgan fingerprint density at radius 1 is 1.38 bits per heavy atom. The topological polar surface area (TPSA) is 79.9 Å². The molecule has 1 heterocycles. The minimum atomic E-state index is -0.481. The van der Waals surface area contributed by atoms with Crippen LogP contribution in [-0.2, 0) is 16.1 Å². The molecule has 0 bridgehead atoms. The molecule has 1 aromatic heterocycles. The molecule has 2 rings (SSSR count). The number of aromatic nitrogens is 2. The Labute approximate surface area is 162 Å². The molecule has 0 fully saturated rings. The number of hydrogen-bond donors (Lipinski definition) is 1. The maximum Gasteiger partial charge on any atom is 0.262 e. The van der Waals surface area contributed by atoms with Gasteiger partial charge >= 0.3 is 0 Å². The Bertz CT molecular complexity index is 851. The molecule has 0 saturated carbocycles. The SMILES string of the molecule is COCCNC(=O)/C(C#N)=C/c1c(C)nn(Cc2ccc(Cl)cc2)c1Cl. The van der Waals surface area contributed by atoms with Crippen molar-refractivity contribution < 1.29 is 9.53 Å². The van der Waals surface area contributed by atoms with Crippen molar-refractivity contribution in [2.45, 2.75) is 13.5 Å². The van der Waals surface area contributed by atoms with Gasteiger partial charge in [0.1, 0.15) is 16.8 Å². The average molecular weight is 393 g/mol. The summed E-state index contributed by atoms with van der Waals surface area (Å²) in [4.78, 5) is 12.1. The Morgan fingerprint density at radius 3 is 2.69 bits per heavy atom. The molecule has 0 radical (unpaired) electrons. The number of nitrogens with zero attached hydrogens (tertiary/aromatic N) is 3. The van der Waals surface area contributed by atoms with E-state index in [-0.39, 0.29) is 5.57 Å². The van der Waals surface area contributed by atoms with E-state index in [0.717, 1.165) is 5.56 Å². The number of halogens is 2. The van der Waals surface area contributed by atoms with Gasteiger partial charge in [0.05, 0.1) is 18.8 Å². The van der Waals surface area contributed by atoms with Crippen molar-refractivity contribution in [1.82, 2.24) is 15.1 Å². The smallest absolute Gasteiger partial charge is 0.262 e. The molecule has 26 heavy (non-hydrogen) atoms. The van der Waals surface area contributed by atoms with Crippen LogP contribution in [0.4, 0.5) is 0 Å². The van der Waals surface area contributed by atoms with Crippen LogP contribution in [0.15, 0.2) is 29.8 Å². The predicted octanol–water partition coefficient (Wildman–Crippen LogP) is 3.22. The van der Waals surface area contributed by atoms with E-state index < -0.39 is 5.91 Å². The molecular weight excluding hydrogens is 375 g/mol. The molecule has 136 valence electrons. The van der Waals surface area contributed by atoms with E-state index >= 15 is 0 Å². The van der Waals surface area contributed by atoms with Crippen LogP contribution < -0.4 is 5.32 Å². The minimum absolute atomic E-state index is 0.0443. The zero-order chi connectivity index (χ0) is 19.1. The van der Waals surface area contributed by atoms with Crippen LogP contribution in [0.1, 0.15) is 16.8 Å². The Hall–Kier alpha value is -2.33. The van der Waals surface area contributed by atoms with Gasteiger partial charge in [-0.2, -0.15) is 10.4 Å². The fraction of sp³-hybridized carbons (Fsp3) is 0.278. The number of methoxy groups -OCH3 is 1. The molecule has 0 unspecified atom stereocenters. The second-order valence-corrected chi connectivity index (χ2v) is 6.29. The molecule has 8 heteroatoms. The van der Waals surface area contributed by atoms with Crippen molar-refractivity contribution in [2.24, 2.45) is 0 Å². The van der Waals surface area contributed by atoms with Crippen LogP contribution in [0.5, 0.6) is 0 Å². The summed E-state index contributed by atoms with van der Waals surface area (Å²) in [5.74, 6) is -0.481. The first-order valence-corrected chi connectivity index (χ1v) is 8.58. The fourth-order valence-corrected chi connectivity index (χ4v) is 2.67. The van der Waals surface area contributed by atoms with Gasteiger partial charge in [-0.1, -0.05) is 35.3 Å². The minimum Gasteiger partial charge on any atom is -0.383 e. The fourth-order valence-electron chi connectivity index (χ4n) is 2.25. The number of hydrogen-bond acceptors (Lipinski definition) is 4. The lowest BCUT2D eigenvalue weighted by molar-refractivity contribution is -0.117. The first kappa shape index (κ1) is 20.0. The number of aryl methyl sites for hydroxylation is 1. The van der Waals surface area contributed by atoms with Crippen molar-refractivity contribution in [1.29, 1.82) is 5.26 Å². The summed E-state index contributed by atoms with van der Waals surface area (Å²) < 4.78 is 6.48. The van der Waals surface area contributed by atoms with Crippen LogP contribution in [0.3, 0.4) is 0 Å². The Balaban J connectivity index is 2.23. The summed E-state index contributed by atoms with van der Waals surface area (Å²) in [5, 5.41) is 17.3. The van der Waals surface area contributed by atoms with Crippen LogP contribution in [0.25, 0.3) is 6.08 Å². The number of ether oxygens (including phenoxy) is 1. The lowest BCUT2D eigenvalue weighted by atomic mass is 10.1. The van der Waals surface area contributed by atoms with E-state index in [1.807, 2.05) is 18.2 Å². The summed E-state index contributed by atoms with van der Waals surface area (Å²) in [6, 6.07) is 9.25. The monoisotopic (exact) mass is 392 g/mol. The van der Waals surface area contributed by atoms with E-state index in [4.69, 9.17) is 27.9 Å². The first-order valence-electron chi connectivity index (χ1n) is 7.82. The van der Waals surface area contributed by atoms with E-state index in [2.05, 4.69) is 10.4 Å². The lowest BCUT2D eigenvalue weighted by Crippen LogP contribution is -2.27. The number of nitrogens with one attached hydrogen (secondary N) is 1. The predicted molar refractivity (Wildman–Crippen MR) is 101 cm³/mol. The maximum atomic E-state index is 12.1. The lowest BCUT2D eigenvalue weighted by Gasteiger charge is -2.04. The molecule has 0 spiro atoms. The molecule has 6 nitrogen and oxygen atoms in total. The number of rotatable bonds is 7. The van der Waals surface area contributed by atoms with E-state index in [9.17, 15) is 10.1 Å². The van der Waals surface area contributed by atoms with Crippen LogP contribution in [0.2, 0.25) is 10.2 Å². The van der Waals surface area contributed by atoms with Gasteiger partial charge in [-0.3, -0.25) is 4.79 Å². The number of carbonyl (C=O) groups is 1. The van der Waals surface area contributed by atoms with Gasteiger partial charge in [-0.25, -0.2) is 4.68 Å². The number of carbonyl (C=O) groups excluding carboxylic acids is 1. The van der Waals surface area contributed by atoms with E-state index in [1.165, 1.54) is 13.2 Å². The third-order valence-corrected chi connectivity index (χ3v) is 4.25. The largest absolute Gasteiger partial charge is 0.383 e. The van der Waals surface area contributed by atoms with Crippen LogP contribution in [0, 0.1) is 18.3 Å². The second-order valence-electron chi connectivity index (χ2n) is 5.49. The molecule has 0 aliphatic rings. The highest BCUT2D eigenvalue weighted by Gasteiger charge is 2.15. The van der Waals surface area contributed by atoms with Crippen molar-refractivity contribution >= 4 is 35.2 Å². The van der Waals surface area contributed by atoms with Gasteiger partial charge in [0.25, 0.3) is 5.91 Å². The standard InChI is InChI=1S/C18H18Cl2N4O2/c1-12-16(9-14(10-21)18(25)22-7-8-26-2)17(20)24(23-12)11-13-3-5-15(19)6-4-13/h3-6,9H,7-8,11H2,1-2H3,(H,22,25)/b14-9+. The van der Waals surface area contributed by atoms with E-state index in [1.54, 1.807) is 23.7 Å². The summed E-state index contributed by atoms with van der Waals surface area (Å²) in [7, 11) is 1.53. The number of benzene rings is 1. The highest BCUT2D eigenvalue weighted by atomic mass is 35.5. The first-order chi connectivity index (χ1) is 12.5. The molecule has 0 aliphatic carbocycles. The third-order valence-electron chi connectivity index (χ3n) is 3.60. The summed E-state index contributed by atoms with van der Waals surface area (Å²) in [6.07, 6.45) is 1.45. The molecule has 1 amide bonds. The zero-order valence-electron chi connectivity index (χ0n) is 14.4. The quantitative estimate of drug-likeness (QED) is 0.445. The normalized spacial score (nSPS) is 11.3. The molecule has 1 aromatic carbocycles. The molecule has 0 aliphatic heterocycles. The van der Waals surface area contributed by atoms with Gasteiger partial charge in [0, 0.05) is 24.2 Å². The van der Waals surface area contributed by atoms with Gasteiger partial charge in [-0.05, 0) is 30.7 Å². The van der Waals surface area contributed by atoms with E-state index in [0.29, 0.717) is 41.1 Å². The average Bonchev–Trinajstić information content (AvgIpc) is 2.88. The molecule has 0 saturated heterocycles. The van der Waals surface area contributed by atoms with Crippen molar-refractivity contribution in [3.05, 3.63) is 56.8 Å². The summed E-state index contributed by atoms with van der Waals surface area (Å²) in [5.41, 5.74) is 2.10. The molecule has 2 aromatic rings. The molecular formula is C18H18Cl2N4O2. The van der Waals surface area contributed by atoms with Crippen LogP contribution >= 0.6 is 23.2 Å². The summed E-state index contributed by atoms with van der Waals surface area (Å²) in [6.45, 7) is 2.90. The maximum absolute atomic E-state index is 12.1. The number of nitriles is 1. The Kier molecular flexibility index (Phi) is 7.22.